The Hall–Kier alpha value is -1.66. The van der Waals surface area contributed by atoms with E-state index in [-0.39, 0.29) is 18.5 Å². The molecule has 0 radical (unpaired) electrons. The topological polar surface area (TPSA) is 77.1 Å². The van der Waals surface area contributed by atoms with Crippen LogP contribution in [0, 0.1) is 5.82 Å². The third-order valence-corrected chi connectivity index (χ3v) is 2.82. The Labute approximate surface area is 104 Å². The number of oxime groups is 1. The Morgan fingerprint density at radius 1 is 1.61 bits per heavy atom. The van der Waals surface area contributed by atoms with Gasteiger partial charge in [-0.2, -0.15) is 0 Å². The molecule has 1 heterocycles. The first kappa shape index (κ1) is 12.8. The van der Waals surface area contributed by atoms with Gasteiger partial charge in [-0.25, -0.2) is 4.39 Å². The van der Waals surface area contributed by atoms with Crippen molar-refractivity contribution < 1.29 is 19.1 Å². The molecule has 1 aromatic carbocycles. The molecule has 0 aliphatic carbocycles. The number of halogens is 1. The largest absolute Gasteiger partial charge is 0.409 e. The second-order valence-electron chi connectivity index (χ2n) is 4.09. The van der Waals surface area contributed by atoms with Gasteiger partial charge in [0.2, 0.25) is 0 Å². The van der Waals surface area contributed by atoms with Crippen LogP contribution in [0.1, 0.15) is 17.5 Å². The zero-order valence-electron chi connectivity index (χ0n) is 9.80. The predicted molar refractivity (Wildman–Crippen MR) is 62.9 cm³/mol. The average Bonchev–Trinajstić information content (AvgIpc) is 2.89. The van der Waals surface area contributed by atoms with Gasteiger partial charge in [-0.3, -0.25) is 0 Å². The molecule has 18 heavy (non-hydrogen) atoms. The molecule has 1 unspecified atom stereocenters. The van der Waals surface area contributed by atoms with Crippen molar-refractivity contribution in [3.05, 3.63) is 35.1 Å². The number of nitrogens with two attached hydrogens (primary N) is 1. The van der Waals surface area contributed by atoms with Gasteiger partial charge in [0.1, 0.15) is 5.82 Å². The van der Waals surface area contributed by atoms with E-state index in [0.717, 1.165) is 6.42 Å². The molecule has 1 aromatic rings. The number of nitrogens with zero attached hydrogens (tertiary/aromatic N) is 1. The summed E-state index contributed by atoms with van der Waals surface area (Å²) < 4.78 is 24.4. The van der Waals surface area contributed by atoms with E-state index in [2.05, 4.69) is 5.16 Å². The van der Waals surface area contributed by atoms with Crippen LogP contribution in [-0.4, -0.2) is 30.4 Å². The highest BCUT2D eigenvalue weighted by Gasteiger charge is 2.16. The van der Waals surface area contributed by atoms with Gasteiger partial charge in [0.15, 0.2) is 5.84 Å². The van der Waals surface area contributed by atoms with E-state index in [1.165, 1.54) is 6.07 Å². The van der Waals surface area contributed by atoms with E-state index in [1.54, 1.807) is 12.1 Å². The van der Waals surface area contributed by atoms with Gasteiger partial charge < -0.3 is 20.4 Å². The summed E-state index contributed by atoms with van der Waals surface area (Å²) in [5, 5.41) is 11.3. The van der Waals surface area contributed by atoms with Crippen LogP contribution < -0.4 is 5.73 Å². The maximum atomic E-state index is 13.7. The lowest BCUT2D eigenvalue weighted by Gasteiger charge is -2.10. The fourth-order valence-corrected chi connectivity index (χ4v) is 1.73. The molecule has 5 nitrogen and oxygen atoms in total. The molecule has 1 atom stereocenters. The van der Waals surface area contributed by atoms with E-state index in [0.29, 0.717) is 24.3 Å². The second kappa shape index (κ2) is 5.79. The Balaban J connectivity index is 2.00. The molecule has 2 rings (SSSR count). The van der Waals surface area contributed by atoms with Crippen LogP contribution in [0.4, 0.5) is 4.39 Å². The fourth-order valence-electron chi connectivity index (χ4n) is 1.73. The van der Waals surface area contributed by atoms with E-state index < -0.39 is 5.82 Å². The Morgan fingerprint density at radius 2 is 2.44 bits per heavy atom. The molecule has 0 spiro atoms. The molecule has 0 aromatic heterocycles. The molecule has 1 aliphatic heterocycles. The van der Waals surface area contributed by atoms with E-state index in [4.69, 9.17) is 20.4 Å². The first-order chi connectivity index (χ1) is 8.70. The van der Waals surface area contributed by atoms with Gasteiger partial charge in [0.25, 0.3) is 0 Å². The molecular formula is C12H15FN2O3. The molecule has 0 saturated carbocycles. The van der Waals surface area contributed by atoms with Crippen molar-refractivity contribution >= 4 is 5.84 Å². The number of hydrogen-bond donors (Lipinski definition) is 2. The lowest BCUT2D eigenvalue weighted by molar-refractivity contribution is 0.0304. The molecule has 98 valence electrons. The molecule has 0 bridgehead atoms. The summed E-state index contributed by atoms with van der Waals surface area (Å²) >= 11 is 0. The summed E-state index contributed by atoms with van der Waals surface area (Å²) in [4.78, 5) is 0. The summed E-state index contributed by atoms with van der Waals surface area (Å²) in [5.74, 6) is -0.552. The maximum absolute atomic E-state index is 13.7. The average molecular weight is 254 g/mol. The molecule has 3 N–H and O–H groups in total. The van der Waals surface area contributed by atoms with Crippen LogP contribution in [0.15, 0.2) is 23.4 Å². The Bertz CT molecular complexity index is 445. The van der Waals surface area contributed by atoms with Gasteiger partial charge in [0, 0.05) is 17.7 Å². The quantitative estimate of drug-likeness (QED) is 0.366. The number of ether oxygens (including phenoxy) is 2. The van der Waals surface area contributed by atoms with Gasteiger partial charge >= 0.3 is 0 Å². The minimum absolute atomic E-state index is 0.0353. The molecule has 6 heteroatoms. The summed E-state index contributed by atoms with van der Waals surface area (Å²) in [7, 11) is 0. The summed E-state index contributed by atoms with van der Waals surface area (Å²) in [6.45, 7) is 1.44. The van der Waals surface area contributed by atoms with Crippen LogP contribution in [0.25, 0.3) is 0 Å². The number of benzene rings is 1. The van der Waals surface area contributed by atoms with Gasteiger partial charge in [-0.1, -0.05) is 17.3 Å². The normalized spacial score (nSPS) is 20.3. The minimum Gasteiger partial charge on any atom is -0.409 e. The van der Waals surface area contributed by atoms with Crippen molar-refractivity contribution in [2.24, 2.45) is 10.9 Å². The van der Waals surface area contributed by atoms with E-state index in [9.17, 15) is 4.39 Å². The first-order valence-corrected chi connectivity index (χ1v) is 5.66. The second-order valence-corrected chi connectivity index (χ2v) is 4.09. The highest BCUT2D eigenvalue weighted by molar-refractivity contribution is 5.97. The van der Waals surface area contributed by atoms with Gasteiger partial charge in [-0.15, -0.1) is 0 Å². The van der Waals surface area contributed by atoms with Crippen LogP contribution in [-0.2, 0) is 16.1 Å². The van der Waals surface area contributed by atoms with Crippen LogP contribution >= 0.6 is 0 Å². The highest BCUT2D eigenvalue weighted by Crippen LogP contribution is 2.15. The third-order valence-electron chi connectivity index (χ3n) is 2.82. The summed E-state index contributed by atoms with van der Waals surface area (Å²) in [5.41, 5.74) is 6.15. The lowest BCUT2D eigenvalue weighted by atomic mass is 10.1. The zero-order chi connectivity index (χ0) is 13.0. The lowest BCUT2D eigenvalue weighted by Crippen LogP contribution is -2.15. The SMILES string of the molecule is NC(=NO)c1ccc(COC2CCOC2)c(F)c1. The monoisotopic (exact) mass is 254 g/mol. The van der Waals surface area contributed by atoms with Crippen LogP contribution in [0.5, 0.6) is 0 Å². The molecule has 1 aliphatic rings. The van der Waals surface area contributed by atoms with Crippen molar-refractivity contribution in [3.8, 4) is 0 Å². The molecular weight excluding hydrogens is 239 g/mol. The van der Waals surface area contributed by atoms with Gasteiger partial charge in [0.05, 0.1) is 19.3 Å². The smallest absolute Gasteiger partial charge is 0.170 e. The van der Waals surface area contributed by atoms with Crippen molar-refractivity contribution in [2.45, 2.75) is 19.1 Å². The zero-order valence-corrected chi connectivity index (χ0v) is 9.80. The summed E-state index contributed by atoms with van der Waals surface area (Å²) in [6.07, 6.45) is 0.872. The van der Waals surface area contributed by atoms with Crippen molar-refractivity contribution in [1.82, 2.24) is 0 Å². The van der Waals surface area contributed by atoms with E-state index in [1.807, 2.05) is 0 Å². The highest BCUT2D eigenvalue weighted by atomic mass is 19.1. The Kier molecular flexibility index (Phi) is 4.11. The minimum atomic E-state index is -0.432. The van der Waals surface area contributed by atoms with Crippen molar-refractivity contribution in [3.63, 3.8) is 0 Å². The van der Waals surface area contributed by atoms with Crippen molar-refractivity contribution in [1.29, 1.82) is 0 Å². The summed E-state index contributed by atoms with van der Waals surface area (Å²) in [6, 6.07) is 4.37. The predicted octanol–water partition coefficient (Wildman–Crippen LogP) is 1.23. The van der Waals surface area contributed by atoms with Crippen LogP contribution in [0.2, 0.25) is 0 Å². The molecule has 0 amide bonds. The number of amidine groups is 1. The number of hydrogen-bond acceptors (Lipinski definition) is 4. The molecule has 1 saturated heterocycles. The van der Waals surface area contributed by atoms with Crippen molar-refractivity contribution in [2.75, 3.05) is 13.2 Å². The molecule has 1 fully saturated rings. The third kappa shape index (κ3) is 2.96. The van der Waals surface area contributed by atoms with Gasteiger partial charge in [-0.05, 0) is 12.5 Å². The number of rotatable bonds is 4. The Morgan fingerprint density at radius 3 is 3.06 bits per heavy atom. The first-order valence-electron chi connectivity index (χ1n) is 5.66. The van der Waals surface area contributed by atoms with E-state index >= 15 is 0 Å². The van der Waals surface area contributed by atoms with Crippen LogP contribution in [0.3, 0.4) is 0 Å². The standard InChI is InChI=1S/C12H15FN2O3/c13-11-5-8(12(14)15-16)1-2-9(11)6-18-10-3-4-17-7-10/h1-2,5,10,16H,3-4,6-7H2,(H2,14,15). The maximum Gasteiger partial charge on any atom is 0.170 e. The fraction of sp³-hybridized carbons (Fsp3) is 0.417.